The number of amides is 2. The molecule has 2 aliphatic heterocycles. The Balaban J connectivity index is 1.63. The van der Waals surface area contributed by atoms with Crippen LogP contribution in [0.1, 0.15) is 45.4 Å². The van der Waals surface area contributed by atoms with Crippen LogP contribution in [0.15, 0.2) is 0 Å². The molecule has 2 aliphatic rings. The number of nitrogens with one attached hydrogen (secondary N) is 1. The average molecular weight is 325 g/mol. The molecule has 2 fully saturated rings. The molecule has 0 aromatic rings. The summed E-state index contributed by atoms with van der Waals surface area (Å²) in [4.78, 5) is 28.2. The molecule has 2 heterocycles. The Morgan fingerprint density at radius 3 is 2.65 bits per heavy atom. The van der Waals surface area contributed by atoms with Crippen LogP contribution < -0.4 is 5.32 Å². The predicted molar refractivity (Wildman–Crippen MR) is 89.2 cm³/mol. The van der Waals surface area contributed by atoms with E-state index in [9.17, 15) is 9.59 Å². The van der Waals surface area contributed by atoms with E-state index >= 15 is 0 Å². The number of likely N-dealkylation sites (tertiary alicyclic amines) is 2. The molecule has 0 aromatic heterocycles. The van der Waals surface area contributed by atoms with E-state index in [1.54, 1.807) is 11.8 Å². The molecule has 132 valence electrons. The third kappa shape index (κ3) is 6.01. The second kappa shape index (κ2) is 9.75. The number of hydrogen-bond donors (Lipinski definition) is 1. The topological polar surface area (TPSA) is 61.9 Å². The van der Waals surface area contributed by atoms with Crippen LogP contribution in [0, 0.1) is 5.92 Å². The fraction of sp³-hybridized carbons (Fsp3) is 0.882. The Labute approximate surface area is 139 Å². The Kier molecular flexibility index (Phi) is 7.65. The second-order valence-electron chi connectivity index (χ2n) is 6.53. The molecule has 0 spiro atoms. The average Bonchev–Trinajstić information content (AvgIpc) is 2.60. The fourth-order valence-electron chi connectivity index (χ4n) is 3.41. The summed E-state index contributed by atoms with van der Waals surface area (Å²) in [5, 5.41) is 3.04. The molecule has 2 rings (SSSR count). The molecule has 0 bridgehead atoms. The van der Waals surface area contributed by atoms with Crippen molar-refractivity contribution < 1.29 is 14.3 Å². The van der Waals surface area contributed by atoms with Crippen LogP contribution in [0.5, 0.6) is 0 Å². The maximum Gasteiger partial charge on any atom is 0.409 e. The van der Waals surface area contributed by atoms with Crippen molar-refractivity contribution in [2.45, 2.75) is 45.4 Å². The van der Waals surface area contributed by atoms with E-state index in [-0.39, 0.29) is 17.9 Å². The van der Waals surface area contributed by atoms with E-state index in [1.807, 2.05) is 0 Å². The summed E-state index contributed by atoms with van der Waals surface area (Å²) in [5.74, 6) is -0.0132. The number of rotatable bonds is 6. The quantitative estimate of drug-likeness (QED) is 0.757. The number of carbonyl (C=O) groups is 2. The van der Waals surface area contributed by atoms with Gasteiger partial charge in [-0.15, -0.1) is 0 Å². The highest BCUT2D eigenvalue weighted by Crippen LogP contribution is 2.17. The Bertz CT molecular complexity index is 383. The van der Waals surface area contributed by atoms with Gasteiger partial charge in [0.1, 0.15) is 0 Å². The van der Waals surface area contributed by atoms with Crippen molar-refractivity contribution >= 4 is 12.0 Å². The molecule has 6 heteroatoms. The highest BCUT2D eigenvalue weighted by Gasteiger charge is 2.28. The van der Waals surface area contributed by atoms with Crippen molar-refractivity contribution in [1.29, 1.82) is 0 Å². The highest BCUT2D eigenvalue weighted by atomic mass is 16.6. The Morgan fingerprint density at radius 1 is 1.13 bits per heavy atom. The van der Waals surface area contributed by atoms with E-state index in [0.717, 1.165) is 32.4 Å². The minimum Gasteiger partial charge on any atom is -0.450 e. The zero-order chi connectivity index (χ0) is 16.5. The van der Waals surface area contributed by atoms with Gasteiger partial charge in [-0.25, -0.2) is 4.79 Å². The van der Waals surface area contributed by atoms with E-state index in [0.29, 0.717) is 19.7 Å². The van der Waals surface area contributed by atoms with Gasteiger partial charge < -0.3 is 19.9 Å². The molecule has 2 saturated heterocycles. The summed E-state index contributed by atoms with van der Waals surface area (Å²) in [6, 6.07) is 0. The van der Waals surface area contributed by atoms with Crippen LogP contribution in [-0.2, 0) is 9.53 Å². The van der Waals surface area contributed by atoms with Gasteiger partial charge in [-0.2, -0.15) is 0 Å². The second-order valence-corrected chi connectivity index (χ2v) is 6.53. The van der Waals surface area contributed by atoms with Crippen LogP contribution >= 0.6 is 0 Å². The maximum absolute atomic E-state index is 12.3. The molecule has 0 saturated carbocycles. The summed E-state index contributed by atoms with van der Waals surface area (Å²) < 4.78 is 5.02. The molecule has 6 nitrogen and oxygen atoms in total. The first kappa shape index (κ1) is 18.0. The van der Waals surface area contributed by atoms with Gasteiger partial charge in [0.25, 0.3) is 0 Å². The molecular weight excluding hydrogens is 294 g/mol. The standard InChI is InChI=1S/C17H31N3O3/c1-2-23-17(22)20-13-6-8-15(14-20)16(21)18-9-7-12-19-10-4-3-5-11-19/h15H,2-14H2,1H3,(H,18,21). The van der Waals surface area contributed by atoms with E-state index in [4.69, 9.17) is 4.74 Å². The minimum atomic E-state index is -0.296. The fourth-order valence-corrected chi connectivity index (χ4v) is 3.41. The largest absolute Gasteiger partial charge is 0.450 e. The lowest BCUT2D eigenvalue weighted by Crippen LogP contribution is -2.46. The number of hydrogen-bond acceptors (Lipinski definition) is 4. The van der Waals surface area contributed by atoms with Crippen molar-refractivity contribution in [2.24, 2.45) is 5.92 Å². The predicted octanol–water partition coefficient (Wildman–Crippen LogP) is 1.85. The molecule has 23 heavy (non-hydrogen) atoms. The van der Waals surface area contributed by atoms with Gasteiger partial charge in [-0.1, -0.05) is 6.42 Å². The van der Waals surface area contributed by atoms with Crippen molar-refractivity contribution in [1.82, 2.24) is 15.1 Å². The Morgan fingerprint density at radius 2 is 1.91 bits per heavy atom. The van der Waals surface area contributed by atoms with Gasteiger partial charge in [-0.3, -0.25) is 4.79 Å². The van der Waals surface area contributed by atoms with E-state index in [1.165, 1.54) is 32.4 Å². The number of nitrogens with zero attached hydrogens (tertiary/aromatic N) is 2. The van der Waals surface area contributed by atoms with Crippen molar-refractivity contribution in [3.8, 4) is 0 Å². The van der Waals surface area contributed by atoms with Gasteiger partial charge in [0.15, 0.2) is 0 Å². The summed E-state index contributed by atoms with van der Waals surface area (Å²) in [5.41, 5.74) is 0. The molecule has 0 aromatic carbocycles. The highest BCUT2D eigenvalue weighted by molar-refractivity contribution is 5.79. The smallest absolute Gasteiger partial charge is 0.409 e. The summed E-state index contributed by atoms with van der Waals surface area (Å²) in [6.07, 6.45) is 6.39. The first-order valence-electron chi connectivity index (χ1n) is 9.12. The zero-order valence-electron chi connectivity index (χ0n) is 14.4. The third-order valence-electron chi connectivity index (χ3n) is 4.72. The molecule has 0 radical (unpaired) electrons. The van der Waals surface area contributed by atoms with Gasteiger partial charge in [0.05, 0.1) is 12.5 Å². The normalized spacial score (nSPS) is 22.7. The lowest BCUT2D eigenvalue weighted by Gasteiger charge is -2.31. The molecule has 1 N–H and O–H groups in total. The van der Waals surface area contributed by atoms with Gasteiger partial charge in [0.2, 0.25) is 5.91 Å². The van der Waals surface area contributed by atoms with Gasteiger partial charge in [-0.05, 0) is 58.7 Å². The minimum absolute atomic E-state index is 0.0812. The van der Waals surface area contributed by atoms with Crippen LogP contribution in [0.2, 0.25) is 0 Å². The van der Waals surface area contributed by atoms with Crippen molar-refractivity contribution in [2.75, 3.05) is 45.9 Å². The van der Waals surface area contributed by atoms with Crippen molar-refractivity contribution in [3.63, 3.8) is 0 Å². The summed E-state index contributed by atoms with van der Waals surface area (Å²) in [6.45, 7) is 7.55. The van der Waals surface area contributed by atoms with Gasteiger partial charge >= 0.3 is 6.09 Å². The first-order valence-corrected chi connectivity index (χ1v) is 9.12. The maximum atomic E-state index is 12.3. The number of ether oxygens (including phenoxy) is 1. The number of piperidine rings is 2. The molecule has 0 aliphatic carbocycles. The van der Waals surface area contributed by atoms with Crippen molar-refractivity contribution in [3.05, 3.63) is 0 Å². The summed E-state index contributed by atoms with van der Waals surface area (Å²) >= 11 is 0. The molecule has 1 atom stereocenters. The number of carbonyl (C=O) groups excluding carboxylic acids is 2. The molecule has 1 unspecified atom stereocenters. The van der Waals surface area contributed by atoms with Crippen LogP contribution in [0.25, 0.3) is 0 Å². The SMILES string of the molecule is CCOC(=O)N1CCCC(C(=O)NCCCN2CCCCC2)C1. The van der Waals surface area contributed by atoms with Crippen LogP contribution in [0.3, 0.4) is 0 Å². The lowest BCUT2D eigenvalue weighted by atomic mass is 9.97. The van der Waals surface area contributed by atoms with Crippen LogP contribution in [0.4, 0.5) is 4.79 Å². The van der Waals surface area contributed by atoms with E-state index < -0.39 is 0 Å². The third-order valence-corrected chi connectivity index (χ3v) is 4.72. The van der Waals surface area contributed by atoms with Crippen LogP contribution in [-0.4, -0.2) is 67.7 Å². The molecular formula is C17H31N3O3. The van der Waals surface area contributed by atoms with Gasteiger partial charge in [0, 0.05) is 19.6 Å². The summed E-state index contributed by atoms with van der Waals surface area (Å²) in [7, 11) is 0. The zero-order valence-corrected chi connectivity index (χ0v) is 14.4. The molecule has 2 amide bonds. The monoisotopic (exact) mass is 325 g/mol. The van der Waals surface area contributed by atoms with E-state index in [2.05, 4.69) is 10.2 Å². The lowest BCUT2D eigenvalue weighted by molar-refractivity contribution is -0.126. The Hall–Kier alpha value is -1.30. The first-order chi connectivity index (χ1) is 11.2.